The summed E-state index contributed by atoms with van der Waals surface area (Å²) in [5.74, 6) is -2.16. The first-order valence-electron chi connectivity index (χ1n) is 6.10. The van der Waals surface area contributed by atoms with Gasteiger partial charge in [-0.3, -0.25) is 4.79 Å². The van der Waals surface area contributed by atoms with Gasteiger partial charge < -0.3 is 5.11 Å². The zero-order valence-corrected chi connectivity index (χ0v) is 13.8. The molecular formula is C11H23NO6S2. The predicted octanol–water partition coefficient (Wildman–Crippen LogP) is 0.230. The van der Waals surface area contributed by atoms with E-state index in [-0.39, 0.29) is 11.8 Å². The molecular weight excluding hydrogens is 306 g/mol. The second-order valence-corrected chi connectivity index (χ2v) is 10.3. The highest BCUT2D eigenvalue weighted by Gasteiger charge is 2.26. The first-order chi connectivity index (χ1) is 8.70. The molecule has 0 aromatic carbocycles. The minimum atomic E-state index is -3.82. The SMILES string of the molecule is CC(C)(C)CC(CC(=O)O)NS(=O)(=O)CCS(C)(=O)=O. The largest absolute Gasteiger partial charge is 0.481 e. The molecule has 0 aliphatic rings. The quantitative estimate of drug-likeness (QED) is 0.658. The third-order valence-corrected chi connectivity index (χ3v) is 4.99. The Balaban J connectivity index is 4.82. The van der Waals surface area contributed by atoms with E-state index in [0.29, 0.717) is 6.42 Å². The second-order valence-electron chi connectivity index (χ2n) is 6.13. The number of rotatable bonds is 8. The van der Waals surface area contributed by atoms with Gasteiger partial charge in [-0.2, -0.15) is 0 Å². The van der Waals surface area contributed by atoms with E-state index in [2.05, 4.69) is 4.72 Å². The van der Waals surface area contributed by atoms with Gasteiger partial charge in [-0.05, 0) is 11.8 Å². The topological polar surface area (TPSA) is 118 Å². The maximum Gasteiger partial charge on any atom is 0.304 e. The number of aliphatic carboxylic acids is 1. The van der Waals surface area contributed by atoms with Crippen molar-refractivity contribution in [3.8, 4) is 0 Å². The summed E-state index contributed by atoms with van der Waals surface area (Å²) in [6, 6.07) is -0.753. The molecule has 1 atom stereocenters. The Morgan fingerprint density at radius 2 is 1.65 bits per heavy atom. The maximum atomic E-state index is 11.8. The molecule has 0 heterocycles. The molecule has 120 valence electrons. The molecule has 0 radical (unpaired) electrons. The molecule has 0 aromatic rings. The smallest absolute Gasteiger partial charge is 0.304 e. The molecule has 20 heavy (non-hydrogen) atoms. The molecule has 0 bridgehead atoms. The summed E-state index contributed by atoms with van der Waals surface area (Å²) >= 11 is 0. The normalized spacial score (nSPS) is 15.0. The minimum Gasteiger partial charge on any atom is -0.481 e. The van der Waals surface area contributed by atoms with E-state index >= 15 is 0 Å². The number of sulfonamides is 1. The van der Waals surface area contributed by atoms with Crippen LogP contribution in [0.25, 0.3) is 0 Å². The van der Waals surface area contributed by atoms with E-state index in [0.717, 1.165) is 6.26 Å². The Morgan fingerprint density at radius 3 is 2.00 bits per heavy atom. The molecule has 0 amide bonds. The number of carbonyl (C=O) groups is 1. The van der Waals surface area contributed by atoms with Crippen molar-refractivity contribution >= 4 is 25.8 Å². The third kappa shape index (κ3) is 11.2. The van der Waals surface area contributed by atoms with Gasteiger partial charge in [-0.25, -0.2) is 21.6 Å². The van der Waals surface area contributed by atoms with Crippen LogP contribution in [0.5, 0.6) is 0 Å². The van der Waals surface area contributed by atoms with Crippen LogP contribution in [0.1, 0.15) is 33.6 Å². The number of nitrogens with one attached hydrogen (secondary N) is 1. The van der Waals surface area contributed by atoms with Gasteiger partial charge in [0, 0.05) is 12.3 Å². The standard InChI is InChI=1S/C11H23NO6S2/c1-11(2,3)8-9(7-10(13)14)12-20(17,18)6-5-19(4,15)16/h9,12H,5-8H2,1-4H3,(H,13,14). The van der Waals surface area contributed by atoms with Crippen molar-refractivity contribution in [2.75, 3.05) is 17.8 Å². The van der Waals surface area contributed by atoms with Gasteiger partial charge >= 0.3 is 5.97 Å². The molecule has 0 saturated heterocycles. The number of hydrogen-bond acceptors (Lipinski definition) is 5. The monoisotopic (exact) mass is 329 g/mol. The summed E-state index contributed by atoms with van der Waals surface area (Å²) in [6.45, 7) is 5.60. The van der Waals surface area contributed by atoms with E-state index in [1.807, 2.05) is 20.8 Å². The third-order valence-electron chi connectivity index (χ3n) is 2.35. The Morgan fingerprint density at radius 1 is 1.15 bits per heavy atom. The molecule has 7 nitrogen and oxygen atoms in total. The lowest BCUT2D eigenvalue weighted by Crippen LogP contribution is -2.41. The zero-order chi connectivity index (χ0) is 16.2. The van der Waals surface area contributed by atoms with Crippen molar-refractivity contribution in [1.29, 1.82) is 0 Å². The summed E-state index contributed by atoms with van der Waals surface area (Å²) in [7, 11) is -7.21. The highest BCUT2D eigenvalue weighted by atomic mass is 32.2. The Labute approximate surface area is 120 Å². The lowest BCUT2D eigenvalue weighted by molar-refractivity contribution is -0.137. The first-order valence-corrected chi connectivity index (χ1v) is 9.81. The van der Waals surface area contributed by atoms with Gasteiger partial charge in [0.05, 0.1) is 17.9 Å². The number of carboxylic acids is 1. The van der Waals surface area contributed by atoms with E-state index in [1.54, 1.807) is 0 Å². The molecule has 0 rings (SSSR count). The average Bonchev–Trinajstić information content (AvgIpc) is 2.08. The van der Waals surface area contributed by atoms with Gasteiger partial charge in [0.15, 0.2) is 0 Å². The Hall–Kier alpha value is -0.670. The van der Waals surface area contributed by atoms with E-state index in [1.165, 1.54) is 0 Å². The summed E-state index contributed by atoms with van der Waals surface area (Å²) in [6.07, 6.45) is 0.958. The molecule has 0 spiro atoms. The highest BCUT2D eigenvalue weighted by molar-refractivity contribution is 7.93. The van der Waals surface area contributed by atoms with Gasteiger partial charge in [0.2, 0.25) is 10.0 Å². The van der Waals surface area contributed by atoms with Gasteiger partial charge in [-0.1, -0.05) is 20.8 Å². The summed E-state index contributed by atoms with van der Waals surface area (Å²) in [5.41, 5.74) is -0.251. The van der Waals surface area contributed by atoms with Crippen molar-refractivity contribution in [3.63, 3.8) is 0 Å². The van der Waals surface area contributed by atoms with E-state index < -0.39 is 43.4 Å². The van der Waals surface area contributed by atoms with Crippen LogP contribution in [0.3, 0.4) is 0 Å². The van der Waals surface area contributed by atoms with Crippen LogP contribution < -0.4 is 4.72 Å². The number of carboxylic acid groups (broad SMARTS) is 1. The fourth-order valence-corrected chi connectivity index (χ4v) is 4.56. The van der Waals surface area contributed by atoms with Crippen molar-refractivity contribution in [1.82, 2.24) is 4.72 Å². The lowest BCUT2D eigenvalue weighted by atomic mass is 9.87. The molecule has 1 unspecified atom stereocenters. The second kappa shape index (κ2) is 6.86. The van der Waals surface area contributed by atoms with Gasteiger partial charge in [0.1, 0.15) is 9.84 Å². The van der Waals surface area contributed by atoms with Crippen LogP contribution in [0.2, 0.25) is 0 Å². The Kier molecular flexibility index (Phi) is 6.63. The van der Waals surface area contributed by atoms with Crippen molar-refractivity contribution in [2.45, 2.75) is 39.7 Å². The van der Waals surface area contributed by atoms with Crippen molar-refractivity contribution in [2.24, 2.45) is 5.41 Å². The predicted molar refractivity (Wildman–Crippen MR) is 76.7 cm³/mol. The Bertz CT molecular complexity index is 530. The average molecular weight is 329 g/mol. The first kappa shape index (κ1) is 19.3. The van der Waals surface area contributed by atoms with Crippen LogP contribution in [0.15, 0.2) is 0 Å². The summed E-state index contributed by atoms with van der Waals surface area (Å²) < 4.78 is 47.8. The van der Waals surface area contributed by atoms with Crippen LogP contribution in [0.4, 0.5) is 0 Å². The van der Waals surface area contributed by atoms with E-state index in [9.17, 15) is 21.6 Å². The van der Waals surface area contributed by atoms with E-state index in [4.69, 9.17) is 5.11 Å². The maximum absolute atomic E-state index is 11.8. The number of sulfone groups is 1. The fourth-order valence-electron chi connectivity index (χ4n) is 1.68. The summed E-state index contributed by atoms with van der Waals surface area (Å²) in [4.78, 5) is 10.8. The lowest BCUT2D eigenvalue weighted by Gasteiger charge is -2.25. The molecule has 0 saturated carbocycles. The van der Waals surface area contributed by atoms with Crippen LogP contribution in [-0.2, 0) is 24.7 Å². The molecule has 2 N–H and O–H groups in total. The highest BCUT2D eigenvalue weighted by Crippen LogP contribution is 2.22. The van der Waals surface area contributed by atoms with Crippen LogP contribution >= 0.6 is 0 Å². The molecule has 9 heteroatoms. The molecule has 0 fully saturated rings. The van der Waals surface area contributed by atoms with Crippen LogP contribution in [-0.4, -0.2) is 51.7 Å². The van der Waals surface area contributed by atoms with Crippen LogP contribution in [0, 0.1) is 5.41 Å². The van der Waals surface area contributed by atoms with Gasteiger partial charge in [0.25, 0.3) is 0 Å². The molecule has 0 aliphatic carbocycles. The molecule has 0 aromatic heterocycles. The minimum absolute atomic E-state index is 0.251. The van der Waals surface area contributed by atoms with Gasteiger partial charge in [-0.15, -0.1) is 0 Å². The zero-order valence-electron chi connectivity index (χ0n) is 12.2. The number of hydrogen-bond donors (Lipinski definition) is 2. The summed E-state index contributed by atoms with van der Waals surface area (Å²) in [5, 5.41) is 8.81. The van der Waals surface area contributed by atoms with Crippen molar-refractivity contribution in [3.05, 3.63) is 0 Å². The van der Waals surface area contributed by atoms with Crippen molar-refractivity contribution < 1.29 is 26.7 Å². The fraction of sp³-hybridized carbons (Fsp3) is 0.909. The molecule has 0 aliphatic heterocycles.